The van der Waals surface area contributed by atoms with E-state index in [1.54, 1.807) is 42.3 Å². The SMILES string of the molecule is CN1CCCCN(C(=O)c2c(Cl)cccc2Cl)[C@@H](Cc2ccccc2)COc2ccccc2C1=O. The number of halogens is 2. The van der Waals surface area contributed by atoms with Crippen LogP contribution in [-0.4, -0.2) is 54.4 Å². The molecule has 182 valence electrons. The number of carbonyl (C=O) groups excluding carboxylic acids is 2. The maximum Gasteiger partial charge on any atom is 0.257 e. The maximum atomic E-state index is 13.9. The van der Waals surface area contributed by atoms with Gasteiger partial charge in [0.15, 0.2) is 0 Å². The zero-order chi connectivity index (χ0) is 24.8. The molecule has 3 aromatic rings. The Morgan fingerprint density at radius 3 is 2.31 bits per heavy atom. The Balaban J connectivity index is 1.73. The molecule has 0 unspecified atom stereocenters. The van der Waals surface area contributed by atoms with Crippen molar-refractivity contribution in [3.8, 4) is 5.75 Å². The van der Waals surface area contributed by atoms with E-state index in [0.29, 0.717) is 46.4 Å². The highest BCUT2D eigenvalue weighted by molar-refractivity contribution is 6.39. The maximum absolute atomic E-state index is 13.9. The van der Waals surface area contributed by atoms with Gasteiger partial charge in [-0.25, -0.2) is 0 Å². The van der Waals surface area contributed by atoms with Crippen LogP contribution in [0.3, 0.4) is 0 Å². The molecule has 1 atom stereocenters. The minimum absolute atomic E-state index is 0.0726. The fraction of sp³-hybridized carbons (Fsp3) is 0.286. The summed E-state index contributed by atoms with van der Waals surface area (Å²) in [6.07, 6.45) is 2.06. The molecule has 7 heteroatoms. The standard InChI is InChI=1S/C28H28Cl2N2O3/c1-31-16-7-8-17-32(28(34)26-23(29)13-9-14-24(26)30)21(18-20-10-3-2-4-11-20)19-35-25-15-6-5-12-22(25)27(31)33/h2-6,9-15,21H,7-8,16-19H2,1H3/t21-/m0/s1. The monoisotopic (exact) mass is 510 g/mol. The van der Waals surface area contributed by atoms with Crippen molar-refractivity contribution in [1.82, 2.24) is 9.80 Å². The normalized spacial score (nSPS) is 17.1. The van der Waals surface area contributed by atoms with E-state index in [9.17, 15) is 9.59 Å². The molecule has 3 aromatic carbocycles. The zero-order valence-corrected chi connectivity index (χ0v) is 21.1. The molecule has 1 heterocycles. The summed E-state index contributed by atoms with van der Waals surface area (Å²) in [5.74, 6) is 0.211. The van der Waals surface area contributed by atoms with Crippen molar-refractivity contribution in [2.24, 2.45) is 0 Å². The number of ether oxygens (including phenoxy) is 1. The van der Waals surface area contributed by atoms with Crippen molar-refractivity contribution in [3.05, 3.63) is 99.5 Å². The van der Waals surface area contributed by atoms with Gasteiger partial charge in [-0.1, -0.05) is 71.7 Å². The van der Waals surface area contributed by atoms with Crippen LogP contribution >= 0.6 is 23.2 Å². The van der Waals surface area contributed by atoms with E-state index in [-0.39, 0.29) is 24.5 Å². The van der Waals surface area contributed by atoms with Gasteiger partial charge in [-0.05, 0) is 49.1 Å². The number of carbonyl (C=O) groups is 2. The second kappa shape index (κ2) is 11.6. The van der Waals surface area contributed by atoms with Gasteiger partial charge in [-0.15, -0.1) is 0 Å². The fourth-order valence-corrected chi connectivity index (χ4v) is 4.89. The molecule has 4 rings (SSSR count). The molecule has 35 heavy (non-hydrogen) atoms. The van der Waals surface area contributed by atoms with Crippen LogP contribution in [0.1, 0.15) is 39.1 Å². The molecule has 5 nitrogen and oxygen atoms in total. The lowest BCUT2D eigenvalue weighted by molar-refractivity contribution is 0.0591. The first kappa shape index (κ1) is 25.1. The second-order valence-corrected chi connectivity index (χ2v) is 9.49. The summed E-state index contributed by atoms with van der Waals surface area (Å²) < 4.78 is 6.23. The highest BCUT2D eigenvalue weighted by Crippen LogP contribution is 2.28. The van der Waals surface area contributed by atoms with Crippen LogP contribution in [0, 0.1) is 0 Å². The number of rotatable bonds is 3. The van der Waals surface area contributed by atoms with Gasteiger partial charge in [-0.2, -0.15) is 0 Å². The van der Waals surface area contributed by atoms with Gasteiger partial charge in [0, 0.05) is 20.1 Å². The van der Waals surface area contributed by atoms with Crippen LogP contribution in [0.5, 0.6) is 5.75 Å². The molecular weight excluding hydrogens is 483 g/mol. The van der Waals surface area contributed by atoms with E-state index >= 15 is 0 Å². The van der Waals surface area contributed by atoms with E-state index < -0.39 is 0 Å². The number of hydrogen-bond acceptors (Lipinski definition) is 3. The van der Waals surface area contributed by atoms with Gasteiger partial charge in [0.05, 0.1) is 27.2 Å². The molecule has 0 bridgehead atoms. The minimum atomic E-state index is -0.294. The Labute approximate surface area is 216 Å². The number of amides is 2. The van der Waals surface area contributed by atoms with Crippen LogP contribution in [0.2, 0.25) is 10.0 Å². The van der Waals surface area contributed by atoms with Crippen molar-refractivity contribution in [1.29, 1.82) is 0 Å². The first-order valence-electron chi connectivity index (χ1n) is 11.7. The lowest BCUT2D eigenvalue weighted by Gasteiger charge is -2.33. The molecule has 0 radical (unpaired) electrons. The molecule has 0 spiro atoms. The third kappa shape index (κ3) is 5.98. The number of benzene rings is 3. The van der Waals surface area contributed by atoms with Crippen LogP contribution in [0.15, 0.2) is 72.8 Å². The van der Waals surface area contributed by atoms with Crippen LogP contribution in [0.25, 0.3) is 0 Å². The quantitative estimate of drug-likeness (QED) is 0.434. The zero-order valence-electron chi connectivity index (χ0n) is 19.6. The third-order valence-corrected chi connectivity index (χ3v) is 6.86. The van der Waals surface area contributed by atoms with Gasteiger partial charge in [0.2, 0.25) is 0 Å². The number of fused-ring (bicyclic) bond motifs is 1. The molecule has 0 N–H and O–H groups in total. The van der Waals surface area contributed by atoms with Gasteiger partial charge in [0.1, 0.15) is 12.4 Å². The summed E-state index contributed by atoms with van der Waals surface area (Å²) in [6.45, 7) is 1.28. The first-order chi connectivity index (χ1) is 17.0. The largest absolute Gasteiger partial charge is 0.491 e. The van der Waals surface area contributed by atoms with E-state index in [1.807, 2.05) is 47.4 Å². The Morgan fingerprint density at radius 2 is 1.57 bits per heavy atom. The molecule has 0 saturated carbocycles. The predicted octanol–water partition coefficient (Wildman–Crippen LogP) is 5.99. The topological polar surface area (TPSA) is 49.9 Å². The Kier molecular flexibility index (Phi) is 8.32. The Bertz CT molecular complexity index is 1170. The molecule has 1 aliphatic heterocycles. The van der Waals surface area contributed by atoms with E-state index in [2.05, 4.69) is 0 Å². The van der Waals surface area contributed by atoms with Gasteiger partial charge < -0.3 is 14.5 Å². The second-order valence-electron chi connectivity index (χ2n) is 8.68. The van der Waals surface area contributed by atoms with E-state index in [0.717, 1.165) is 18.4 Å². The van der Waals surface area contributed by atoms with Crippen molar-refractivity contribution >= 4 is 35.0 Å². The smallest absolute Gasteiger partial charge is 0.257 e. The molecule has 2 amide bonds. The number of para-hydroxylation sites is 1. The summed E-state index contributed by atoms with van der Waals surface area (Å²) in [5.41, 5.74) is 1.90. The van der Waals surface area contributed by atoms with Crippen LogP contribution < -0.4 is 4.74 Å². The molecular formula is C28H28Cl2N2O3. The fourth-order valence-electron chi connectivity index (χ4n) is 4.33. The molecule has 0 aliphatic carbocycles. The van der Waals surface area contributed by atoms with Gasteiger partial charge >= 0.3 is 0 Å². The molecule has 1 aliphatic rings. The highest BCUT2D eigenvalue weighted by Gasteiger charge is 2.29. The van der Waals surface area contributed by atoms with Crippen LogP contribution in [0.4, 0.5) is 0 Å². The van der Waals surface area contributed by atoms with Crippen molar-refractivity contribution in [2.75, 3.05) is 26.7 Å². The molecule has 0 saturated heterocycles. The average Bonchev–Trinajstić information content (AvgIpc) is 2.86. The van der Waals surface area contributed by atoms with Crippen LogP contribution in [-0.2, 0) is 6.42 Å². The lowest BCUT2D eigenvalue weighted by Crippen LogP contribution is -2.46. The Hall–Kier alpha value is -3.02. The summed E-state index contributed by atoms with van der Waals surface area (Å²) >= 11 is 12.9. The predicted molar refractivity (Wildman–Crippen MR) is 140 cm³/mol. The molecule has 0 aromatic heterocycles. The number of nitrogens with zero attached hydrogens (tertiary/aromatic N) is 2. The lowest BCUT2D eigenvalue weighted by atomic mass is 10.0. The van der Waals surface area contributed by atoms with E-state index in [4.69, 9.17) is 27.9 Å². The minimum Gasteiger partial charge on any atom is -0.491 e. The average molecular weight is 511 g/mol. The highest BCUT2D eigenvalue weighted by atomic mass is 35.5. The summed E-state index contributed by atoms with van der Waals surface area (Å²) in [5, 5.41) is 0.646. The Morgan fingerprint density at radius 1 is 0.914 bits per heavy atom. The molecule has 0 fully saturated rings. The van der Waals surface area contributed by atoms with Crippen molar-refractivity contribution < 1.29 is 14.3 Å². The summed E-state index contributed by atoms with van der Waals surface area (Å²) in [6, 6.07) is 22.0. The van der Waals surface area contributed by atoms with E-state index in [1.165, 1.54) is 0 Å². The first-order valence-corrected chi connectivity index (χ1v) is 12.5. The van der Waals surface area contributed by atoms with Gasteiger partial charge in [0.25, 0.3) is 11.8 Å². The summed E-state index contributed by atoms with van der Waals surface area (Å²) in [7, 11) is 1.79. The number of hydrogen-bond donors (Lipinski definition) is 0. The van der Waals surface area contributed by atoms with Crippen molar-refractivity contribution in [3.63, 3.8) is 0 Å². The van der Waals surface area contributed by atoms with Crippen molar-refractivity contribution in [2.45, 2.75) is 25.3 Å². The third-order valence-electron chi connectivity index (χ3n) is 6.23. The summed E-state index contributed by atoms with van der Waals surface area (Å²) in [4.78, 5) is 30.4. The van der Waals surface area contributed by atoms with Gasteiger partial charge in [-0.3, -0.25) is 9.59 Å².